The normalized spacial score (nSPS) is 20.5. The molecule has 3 N–H and O–H groups in total. The molecule has 0 aliphatic heterocycles. The highest BCUT2D eigenvalue weighted by molar-refractivity contribution is 6.30. The van der Waals surface area contributed by atoms with Gasteiger partial charge in [-0.3, -0.25) is 4.79 Å². The maximum absolute atomic E-state index is 12.1. The molecule has 1 aliphatic carbocycles. The molecule has 0 unspecified atom stereocenters. The van der Waals surface area contributed by atoms with E-state index in [0.29, 0.717) is 34.7 Å². The summed E-state index contributed by atoms with van der Waals surface area (Å²) in [6, 6.07) is 3.43. The molecule has 2 aromatic rings. The van der Waals surface area contributed by atoms with E-state index in [1.165, 1.54) is 0 Å². The number of carbonyl (C=O) groups excluding carboxylic acids is 1. The third-order valence-electron chi connectivity index (χ3n) is 3.61. The van der Waals surface area contributed by atoms with Crippen molar-refractivity contribution in [1.29, 1.82) is 0 Å². The molecule has 6 nitrogen and oxygen atoms in total. The van der Waals surface area contributed by atoms with Gasteiger partial charge in [0, 0.05) is 31.2 Å². The second-order valence-electron chi connectivity index (χ2n) is 5.17. The van der Waals surface area contributed by atoms with Crippen molar-refractivity contribution in [3.8, 4) is 0 Å². The van der Waals surface area contributed by atoms with Crippen LogP contribution in [0.25, 0.3) is 10.8 Å². The number of rotatable bonds is 4. The predicted molar refractivity (Wildman–Crippen MR) is 81.1 cm³/mol. The Balaban J connectivity index is 1.77. The number of fused-ring (bicyclic) bond motifs is 1. The molecule has 1 aliphatic rings. The Kier molecular flexibility index (Phi) is 3.65. The van der Waals surface area contributed by atoms with Crippen molar-refractivity contribution in [3.05, 3.63) is 23.5 Å². The van der Waals surface area contributed by atoms with Crippen LogP contribution in [0.1, 0.15) is 6.42 Å². The Morgan fingerprint density at radius 3 is 3.14 bits per heavy atom. The molecule has 2 heterocycles. The number of amides is 1. The van der Waals surface area contributed by atoms with Crippen LogP contribution in [0.3, 0.4) is 0 Å². The number of hydrogen-bond acceptors (Lipinski definition) is 5. The van der Waals surface area contributed by atoms with Gasteiger partial charge in [0.25, 0.3) is 0 Å². The van der Waals surface area contributed by atoms with Crippen molar-refractivity contribution in [1.82, 2.24) is 9.97 Å². The lowest BCUT2D eigenvalue weighted by molar-refractivity contribution is -0.117. The lowest BCUT2D eigenvalue weighted by Gasteiger charge is -2.07. The second kappa shape index (κ2) is 5.46. The van der Waals surface area contributed by atoms with E-state index in [9.17, 15) is 4.79 Å². The number of anilines is 2. The van der Waals surface area contributed by atoms with Crippen molar-refractivity contribution >= 4 is 39.9 Å². The smallest absolute Gasteiger partial charge is 0.229 e. The fourth-order valence-corrected chi connectivity index (χ4v) is 2.60. The number of pyridine rings is 2. The van der Waals surface area contributed by atoms with Crippen molar-refractivity contribution in [2.75, 3.05) is 24.8 Å². The van der Waals surface area contributed by atoms with E-state index < -0.39 is 0 Å². The Labute approximate surface area is 126 Å². The number of nitrogens with zero attached hydrogens (tertiary/aromatic N) is 2. The third kappa shape index (κ3) is 2.91. The number of nitrogen functional groups attached to an aromatic ring is 1. The summed E-state index contributed by atoms with van der Waals surface area (Å²) in [4.78, 5) is 20.2. The van der Waals surface area contributed by atoms with E-state index in [1.54, 1.807) is 25.4 Å². The summed E-state index contributed by atoms with van der Waals surface area (Å²) in [5.41, 5.74) is 5.78. The summed E-state index contributed by atoms with van der Waals surface area (Å²) in [5.74, 6) is 1.10. The minimum absolute atomic E-state index is 0.00791. The van der Waals surface area contributed by atoms with Crippen molar-refractivity contribution in [2.24, 2.45) is 11.8 Å². The summed E-state index contributed by atoms with van der Waals surface area (Å²) in [6.45, 7) is 0.612. The lowest BCUT2D eigenvalue weighted by Crippen LogP contribution is -2.16. The molecule has 2 aromatic heterocycles. The van der Waals surface area contributed by atoms with E-state index in [2.05, 4.69) is 15.3 Å². The minimum Gasteiger partial charge on any atom is -0.384 e. The van der Waals surface area contributed by atoms with Crippen LogP contribution < -0.4 is 11.1 Å². The molecule has 1 amide bonds. The van der Waals surface area contributed by atoms with Gasteiger partial charge in [0.2, 0.25) is 5.91 Å². The highest BCUT2D eigenvalue weighted by Gasteiger charge is 2.42. The molecule has 21 heavy (non-hydrogen) atoms. The number of methoxy groups -OCH3 is 1. The second-order valence-corrected chi connectivity index (χ2v) is 5.56. The molecule has 0 spiro atoms. The number of hydrogen-bond donors (Lipinski definition) is 2. The van der Waals surface area contributed by atoms with Crippen molar-refractivity contribution in [2.45, 2.75) is 6.42 Å². The summed E-state index contributed by atoms with van der Waals surface area (Å²) in [5, 5.41) is 4.63. The largest absolute Gasteiger partial charge is 0.384 e. The number of nitrogens with one attached hydrogen (secondary N) is 1. The van der Waals surface area contributed by atoms with Crippen LogP contribution in [-0.2, 0) is 9.53 Å². The van der Waals surface area contributed by atoms with Gasteiger partial charge in [-0.05, 0) is 29.9 Å². The first-order chi connectivity index (χ1) is 10.1. The van der Waals surface area contributed by atoms with Crippen molar-refractivity contribution in [3.63, 3.8) is 0 Å². The SMILES string of the molecule is COC[C@@H]1C[C@H]1C(=O)Nc1cc2cc(Cl)nc(N)c2cn1. The number of ether oxygens (including phenoxy) is 1. The maximum atomic E-state index is 12.1. The molecule has 3 rings (SSSR count). The summed E-state index contributed by atoms with van der Waals surface area (Å²) in [7, 11) is 1.64. The molecule has 0 radical (unpaired) electrons. The standard InChI is InChI=1S/C14H15ClN4O2/c1-21-6-8-2-9(8)14(20)19-12-4-7-3-11(15)18-13(16)10(7)5-17-12/h3-5,8-9H,2,6H2,1H3,(H2,16,18)(H,17,19,20)/t8-,9+/m0/s1. The maximum Gasteiger partial charge on any atom is 0.229 e. The van der Waals surface area contributed by atoms with E-state index in [4.69, 9.17) is 22.1 Å². The quantitative estimate of drug-likeness (QED) is 0.844. The number of nitrogens with two attached hydrogens (primary N) is 1. The van der Waals surface area contributed by atoms with Crippen LogP contribution in [0.4, 0.5) is 11.6 Å². The predicted octanol–water partition coefficient (Wildman–Crippen LogP) is 2.09. The fraction of sp³-hybridized carbons (Fsp3) is 0.357. The van der Waals surface area contributed by atoms with Gasteiger partial charge in [-0.1, -0.05) is 11.6 Å². The van der Waals surface area contributed by atoms with Crippen LogP contribution in [0, 0.1) is 11.8 Å². The van der Waals surface area contributed by atoms with E-state index in [0.717, 1.165) is 11.8 Å². The van der Waals surface area contributed by atoms with Crippen LogP contribution in [0.5, 0.6) is 0 Å². The average molecular weight is 307 g/mol. The van der Waals surface area contributed by atoms with Crippen LogP contribution in [-0.4, -0.2) is 29.6 Å². The molecule has 1 fully saturated rings. The molecule has 0 aromatic carbocycles. The Morgan fingerprint density at radius 2 is 2.38 bits per heavy atom. The molecule has 1 saturated carbocycles. The van der Waals surface area contributed by atoms with E-state index in [-0.39, 0.29) is 11.8 Å². The average Bonchev–Trinajstić information content (AvgIpc) is 3.18. The Morgan fingerprint density at radius 1 is 1.57 bits per heavy atom. The van der Waals surface area contributed by atoms with Gasteiger partial charge in [0.15, 0.2) is 0 Å². The van der Waals surface area contributed by atoms with Gasteiger partial charge in [0.1, 0.15) is 16.8 Å². The fourth-order valence-electron chi connectivity index (χ4n) is 2.39. The van der Waals surface area contributed by atoms with E-state index >= 15 is 0 Å². The first kappa shape index (κ1) is 14.0. The Hall–Kier alpha value is -1.92. The van der Waals surface area contributed by atoms with Gasteiger partial charge in [-0.2, -0.15) is 0 Å². The van der Waals surface area contributed by atoms with Gasteiger partial charge in [-0.15, -0.1) is 0 Å². The first-order valence-electron chi connectivity index (χ1n) is 6.60. The van der Waals surface area contributed by atoms with Gasteiger partial charge in [-0.25, -0.2) is 9.97 Å². The highest BCUT2D eigenvalue weighted by Crippen LogP contribution is 2.39. The first-order valence-corrected chi connectivity index (χ1v) is 6.98. The third-order valence-corrected chi connectivity index (χ3v) is 3.80. The minimum atomic E-state index is -0.0305. The topological polar surface area (TPSA) is 90.1 Å². The highest BCUT2D eigenvalue weighted by atomic mass is 35.5. The van der Waals surface area contributed by atoms with Gasteiger partial charge < -0.3 is 15.8 Å². The zero-order chi connectivity index (χ0) is 15.0. The number of carbonyl (C=O) groups is 1. The monoisotopic (exact) mass is 306 g/mol. The van der Waals surface area contributed by atoms with Gasteiger partial charge in [0.05, 0.1) is 0 Å². The lowest BCUT2D eigenvalue weighted by atomic mass is 10.2. The molecular weight excluding hydrogens is 292 g/mol. The van der Waals surface area contributed by atoms with E-state index in [1.807, 2.05) is 0 Å². The number of halogens is 1. The molecule has 0 saturated heterocycles. The molecule has 0 bridgehead atoms. The molecule has 2 atom stereocenters. The van der Waals surface area contributed by atoms with Gasteiger partial charge >= 0.3 is 0 Å². The van der Waals surface area contributed by atoms with Crippen LogP contribution in [0.15, 0.2) is 18.3 Å². The van der Waals surface area contributed by atoms with Crippen LogP contribution in [0.2, 0.25) is 5.15 Å². The summed E-state index contributed by atoms with van der Waals surface area (Å²) in [6.07, 6.45) is 2.44. The zero-order valence-corrected chi connectivity index (χ0v) is 12.2. The molecule has 110 valence electrons. The number of aromatic nitrogens is 2. The van der Waals surface area contributed by atoms with Crippen molar-refractivity contribution < 1.29 is 9.53 Å². The van der Waals surface area contributed by atoms with Crippen LogP contribution >= 0.6 is 11.6 Å². The summed E-state index contributed by atoms with van der Waals surface area (Å²) < 4.78 is 5.05. The molecule has 7 heteroatoms. The molecular formula is C14H15ClN4O2. The summed E-state index contributed by atoms with van der Waals surface area (Å²) >= 11 is 5.88. The zero-order valence-electron chi connectivity index (χ0n) is 11.5. The Bertz CT molecular complexity index is 707.